The number of nitrogens with one attached hydrogen (secondary N) is 2. The molecule has 4 aromatic rings. The minimum atomic E-state index is -0.173. The third-order valence-electron chi connectivity index (χ3n) is 10.0. The molecule has 2 saturated carbocycles. The summed E-state index contributed by atoms with van der Waals surface area (Å²) in [5, 5.41) is 27.5. The van der Waals surface area contributed by atoms with Crippen molar-refractivity contribution >= 4 is 11.6 Å². The molecule has 0 atom stereocenters. The van der Waals surface area contributed by atoms with Crippen LogP contribution in [0.3, 0.4) is 0 Å². The number of benzene rings is 2. The predicted molar refractivity (Wildman–Crippen MR) is 191 cm³/mol. The first-order chi connectivity index (χ1) is 23.3. The van der Waals surface area contributed by atoms with Crippen molar-refractivity contribution in [3.63, 3.8) is 0 Å². The van der Waals surface area contributed by atoms with E-state index in [2.05, 4.69) is 41.8 Å². The Morgan fingerprint density at radius 2 is 1.38 bits per heavy atom. The highest BCUT2D eigenvalue weighted by Gasteiger charge is 2.22. The van der Waals surface area contributed by atoms with Gasteiger partial charge in [0.1, 0.15) is 5.75 Å². The van der Waals surface area contributed by atoms with Gasteiger partial charge in [-0.1, -0.05) is 48.0 Å². The Hall–Kier alpha value is -3.53. The molecule has 2 aliphatic rings. The van der Waals surface area contributed by atoms with Gasteiger partial charge in [-0.2, -0.15) is 0 Å². The Balaban J connectivity index is 1.22. The van der Waals surface area contributed by atoms with Crippen LogP contribution in [0.5, 0.6) is 11.6 Å². The average molecular weight is 671 g/mol. The van der Waals surface area contributed by atoms with Gasteiger partial charge in [0.2, 0.25) is 5.88 Å². The van der Waals surface area contributed by atoms with Gasteiger partial charge < -0.3 is 30.3 Å². The van der Waals surface area contributed by atoms with Crippen LogP contribution in [0.2, 0.25) is 5.02 Å². The summed E-state index contributed by atoms with van der Waals surface area (Å²) in [6.07, 6.45) is 8.79. The van der Waals surface area contributed by atoms with E-state index in [9.17, 15) is 10.2 Å². The van der Waals surface area contributed by atoms with Crippen molar-refractivity contribution in [1.82, 2.24) is 20.6 Å². The van der Waals surface area contributed by atoms with E-state index in [4.69, 9.17) is 31.0 Å². The Kier molecular flexibility index (Phi) is 11.3. The van der Waals surface area contributed by atoms with Gasteiger partial charge in [0, 0.05) is 59.2 Å². The van der Waals surface area contributed by atoms with E-state index < -0.39 is 0 Å². The van der Waals surface area contributed by atoms with Crippen LogP contribution in [-0.4, -0.2) is 58.7 Å². The lowest BCUT2D eigenvalue weighted by Crippen LogP contribution is -2.34. The zero-order valence-corrected chi connectivity index (χ0v) is 28.9. The number of methoxy groups -OCH3 is 2. The Morgan fingerprint density at radius 1 is 0.750 bits per heavy atom. The molecule has 48 heavy (non-hydrogen) atoms. The van der Waals surface area contributed by atoms with Crippen LogP contribution in [-0.2, 0) is 13.1 Å². The topological polar surface area (TPSA) is 109 Å². The van der Waals surface area contributed by atoms with E-state index in [1.54, 1.807) is 14.2 Å². The molecule has 0 unspecified atom stereocenters. The molecule has 6 rings (SSSR count). The number of aromatic nitrogens is 2. The molecule has 2 fully saturated rings. The molecule has 0 aliphatic heterocycles. The minimum Gasteiger partial charge on any atom is -0.496 e. The number of nitrogens with zero attached hydrogens (tertiary/aromatic N) is 2. The maximum atomic E-state index is 9.84. The van der Waals surface area contributed by atoms with E-state index in [1.807, 2.05) is 36.5 Å². The van der Waals surface area contributed by atoms with Crippen LogP contribution in [0.15, 0.2) is 60.8 Å². The van der Waals surface area contributed by atoms with E-state index in [1.165, 1.54) is 0 Å². The maximum Gasteiger partial charge on any atom is 0.218 e. The minimum absolute atomic E-state index is 0.163. The Morgan fingerprint density at radius 3 is 2.02 bits per heavy atom. The number of aliphatic hydroxyl groups excluding tert-OH is 2. The molecular weight excluding hydrogens is 624 g/mol. The largest absolute Gasteiger partial charge is 0.496 e. The molecule has 2 aromatic carbocycles. The number of halogens is 1. The molecule has 0 amide bonds. The molecule has 4 N–H and O–H groups in total. The van der Waals surface area contributed by atoms with E-state index in [-0.39, 0.29) is 12.2 Å². The lowest BCUT2D eigenvalue weighted by Gasteiger charge is -2.26. The summed E-state index contributed by atoms with van der Waals surface area (Å²) in [6, 6.07) is 19.2. The molecular formula is C39H47ClN4O4. The third kappa shape index (κ3) is 7.85. The summed E-state index contributed by atoms with van der Waals surface area (Å²) in [5.41, 5.74) is 8.43. The van der Waals surface area contributed by atoms with Crippen molar-refractivity contribution in [2.45, 2.75) is 95.7 Å². The highest BCUT2D eigenvalue weighted by atomic mass is 35.5. The van der Waals surface area contributed by atoms with Crippen molar-refractivity contribution in [2.24, 2.45) is 0 Å². The standard InChI is InChI=1S/C39H47ClN4O4/c1-24-32(19-20-41-38(24)25-7-8-26(36(21-25)47-2)22-42-28-10-14-30(45)15-11-28)33-5-4-6-34(37(33)40)35-18-9-27(39(44-35)48-3)23-43-29-12-16-31(46)17-13-29/h4-9,18-21,28-31,42-43,45-46H,10-17,22-23H2,1-3H3/t28-,29-,30-,31-. The van der Waals surface area contributed by atoms with Gasteiger partial charge >= 0.3 is 0 Å². The lowest BCUT2D eigenvalue weighted by atomic mass is 9.93. The van der Waals surface area contributed by atoms with Gasteiger partial charge in [0.15, 0.2) is 0 Å². The highest BCUT2D eigenvalue weighted by molar-refractivity contribution is 6.36. The Bertz CT molecular complexity index is 1570. The predicted octanol–water partition coefficient (Wildman–Crippen LogP) is 7.24. The van der Waals surface area contributed by atoms with Crippen molar-refractivity contribution < 1.29 is 19.7 Å². The summed E-state index contributed by atoms with van der Waals surface area (Å²) in [6.45, 7) is 3.44. The summed E-state index contributed by atoms with van der Waals surface area (Å²) in [5.74, 6) is 1.39. The summed E-state index contributed by atoms with van der Waals surface area (Å²) < 4.78 is 11.5. The SMILES string of the molecule is COc1cc(-c2nccc(-c3cccc(-c4ccc(CN[C@H]5CC[C@H](O)CC5)c(OC)n4)c3Cl)c2C)ccc1CN[C@H]1CC[C@H](O)CC1. The molecule has 0 spiro atoms. The number of pyridine rings is 2. The average Bonchev–Trinajstić information content (AvgIpc) is 3.11. The first kappa shape index (κ1) is 34.3. The second-order valence-electron chi connectivity index (χ2n) is 13.2. The van der Waals surface area contributed by atoms with Crippen LogP contribution in [0, 0.1) is 6.92 Å². The van der Waals surface area contributed by atoms with Gasteiger partial charge in [-0.15, -0.1) is 0 Å². The monoisotopic (exact) mass is 670 g/mol. The maximum absolute atomic E-state index is 9.84. The van der Waals surface area contributed by atoms with Crippen molar-refractivity contribution in [1.29, 1.82) is 0 Å². The molecule has 2 heterocycles. The molecule has 254 valence electrons. The van der Waals surface area contributed by atoms with Crippen LogP contribution in [0.25, 0.3) is 33.6 Å². The molecule has 0 saturated heterocycles. The van der Waals surface area contributed by atoms with E-state index >= 15 is 0 Å². The number of hydrogen-bond donors (Lipinski definition) is 4. The highest BCUT2D eigenvalue weighted by Crippen LogP contribution is 2.40. The van der Waals surface area contributed by atoms with Crippen molar-refractivity contribution in [3.8, 4) is 45.3 Å². The fourth-order valence-corrected chi connectivity index (χ4v) is 7.42. The van der Waals surface area contributed by atoms with Gasteiger partial charge in [0.05, 0.1) is 42.8 Å². The van der Waals surface area contributed by atoms with E-state index in [0.29, 0.717) is 36.1 Å². The fraction of sp³-hybridized carbons (Fsp3) is 0.436. The van der Waals surface area contributed by atoms with Crippen LogP contribution >= 0.6 is 11.6 Å². The zero-order valence-electron chi connectivity index (χ0n) is 28.1. The number of ether oxygens (including phenoxy) is 2. The first-order valence-electron chi connectivity index (χ1n) is 17.1. The van der Waals surface area contributed by atoms with Gasteiger partial charge in [-0.3, -0.25) is 4.98 Å². The smallest absolute Gasteiger partial charge is 0.218 e. The summed E-state index contributed by atoms with van der Waals surface area (Å²) in [4.78, 5) is 9.65. The van der Waals surface area contributed by atoms with Gasteiger partial charge in [0.25, 0.3) is 0 Å². The zero-order chi connectivity index (χ0) is 33.6. The number of aliphatic hydroxyl groups is 2. The van der Waals surface area contributed by atoms with Crippen molar-refractivity contribution in [3.05, 3.63) is 82.5 Å². The molecule has 8 nitrogen and oxygen atoms in total. The molecule has 0 radical (unpaired) electrons. The van der Waals surface area contributed by atoms with Crippen LogP contribution < -0.4 is 20.1 Å². The number of rotatable bonds is 11. The third-order valence-corrected chi connectivity index (χ3v) is 10.4. The molecule has 2 aromatic heterocycles. The second-order valence-corrected chi connectivity index (χ2v) is 13.5. The van der Waals surface area contributed by atoms with Gasteiger partial charge in [-0.05, 0) is 87.6 Å². The molecule has 0 bridgehead atoms. The second kappa shape index (κ2) is 15.8. The van der Waals surface area contributed by atoms with Crippen LogP contribution in [0.1, 0.15) is 68.1 Å². The van der Waals surface area contributed by atoms with Gasteiger partial charge in [-0.25, -0.2) is 4.98 Å². The molecule has 9 heteroatoms. The number of hydrogen-bond acceptors (Lipinski definition) is 8. The first-order valence-corrected chi connectivity index (χ1v) is 17.5. The van der Waals surface area contributed by atoms with Crippen LogP contribution in [0.4, 0.5) is 0 Å². The quantitative estimate of drug-likeness (QED) is 0.132. The summed E-state index contributed by atoms with van der Waals surface area (Å²) in [7, 11) is 3.35. The summed E-state index contributed by atoms with van der Waals surface area (Å²) >= 11 is 7.16. The normalized spacial score (nSPS) is 21.2. The lowest BCUT2D eigenvalue weighted by molar-refractivity contribution is 0.116. The Labute approximate surface area is 288 Å². The fourth-order valence-electron chi connectivity index (χ4n) is 7.09. The van der Waals surface area contributed by atoms with E-state index in [0.717, 1.165) is 107 Å². The molecule has 2 aliphatic carbocycles. The van der Waals surface area contributed by atoms with Crippen molar-refractivity contribution in [2.75, 3.05) is 14.2 Å².